The number of pyridine rings is 1. The predicted molar refractivity (Wildman–Crippen MR) is 63.1 cm³/mol. The molecule has 1 amide bonds. The molecule has 92 valence electrons. The monoisotopic (exact) mass is 236 g/mol. The normalized spacial score (nSPS) is 16.7. The molecule has 1 aromatic rings. The molecule has 5 heteroatoms. The van der Waals surface area contributed by atoms with Crippen LogP contribution in [0.4, 0.5) is 0 Å². The quantitative estimate of drug-likeness (QED) is 0.720. The van der Waals surface area contributed by atoms with Crippen LogP contribution >= 0.6 is 0 Å². The maximum absolute atomic E-state index is 11.9. The van der Waals surface area contributed by atoms with Crippen molar-refractivity contribution in [2.45, 2.75) is 38.1 Å². The highest BCUT2D eigenvalue weighted by Crippen LogP contribution is 2.19. The van der Waals surface area contributed by atoms with Crippen LogP contribution in [0.5, 0.6) is 5.75 Å². The summed E-state index contributed by atoms with van der Waals surface area (Å²) in [7, 11) is 0. The van der Waals surface area contributed by atoms with Crippen molar-refractivity contribution in [3.8, 4) is 5.75 Å². The van der Waals surface area contributed by atoms with Gasteiger partial charge < -0.3 is 15.4 Å². The molecule has 0 bridgehead atoms. The van der Waals surface area contributed by atoms with Crippen LogP contribution in [0.15, 0.2) is 17.1 Å². The van der Waals surface area contributed by atoms with E-state index in [0.717, 1.165) is 31.7 Å². The van der Waals surface area contributed by atoms with Crippen LogP contribution in [0.25, 0.3) is 0 Å². The first-order valence-corrected chi connectivity index (χ1v) is 5.89. The number of amides is 1. The molecule has 0 aliphatic heterocycles. The first-order chi connectivity index (χ1) is 8.16. The van der Waals surface area contributed by atoms with Gasteiger partial charge in [0.15, 0.2) is 0 Å². The zero-order chi connectivity index (χ0) is 12.3. The summed E-state index contributed by atoms with van der Waals surface area (Å²) in [4.78, 5) is 25.1. The molecule has 2 rings (SSSR count). The van der Waals surface area contributed by atoms with Crippen LogP contribution < -0.4 is 10.9 Å². The van der Waals surface area contributed by atoms with Gasteiger partial charge in [-0.05, 0) is 12.8 Å². The number of nitrogens with one attached hydrogen (secondary N) is 2. The molecule has 0 spiro atoms. The molecule has 1 saturated carbocycles. The van der Waals surface area contributed by atoms with Crippen LogP contribution in [-0.4, -0.2) is 22.0 Å². The fourth-order valence-electron chi connectivity index (χ4n) is 2.15. The Kier molecular flexibility index (Phi) is 3.46. The summed E-state index contributed by atoms with van der Waals surface area (Å²) < 4.78 is 0. The predicted octanol–water partition coefficient (Wildman–Crippen LogP) is 1.14. The minimum absolute atomic E-state index is 0.121. The summed E-state index contributed by atoms with van der Waals surface area (Å²) in [6.45, 7) is 0. The minimum Gasteiger partial charge on any atom is -0.507 e. The van der Waals surface area contributed by atoms with E-state index in [-0.39, 0.29) is 23.3 Å². The molecule has 0 saturated heterocycles. The van der Waals surface area contributed by atoms with Crippen molar-refractivity contribution in [2.24, 2.45) is 0 Å². The topological polar surface area (TPSA) is 82.2 Å². The number of carbonyl (C=O) groups is 1. The number of hydrogen-bond donors (Lipinski definition) is 3. The third kappa shape index (κ3) is 2.87. The van der Waals surface area contributed by atoms with Crippen LogP contribution in [0.3, 0.4) is 0 Å². The van der Waals surface area contributed by atoms with Crippen LogP contribution in [-0.2, 0) is 0 Å². The summed E-state index contributed by atoms with van der Waals surface area (Å²) in [5, 5.41) is 12.4. The number of aromatic nitrogens is 1. The Balaban J connectivity index is 2.06. The molecule has 0 unspecified atom stereocenters. The second-order valence-electron chi connectivity index (χ2n) is 4.40. The minimum atomic E-state index is -0.420. The van der Waals surface area contributed by atoms with Gasteiger partial charge in [0.25, 0.3) is 11.5 Å². The van der Waals surface area contributed by atoms with Gasteiger partial charge >= 0.3 is 0 Å². The van der Waals surface area contributed by atoms with Crippen molar-refractivity contribution in [1.29, 1.82) is 0 Å². The van der Waals surface area contributed by atoms with Gasteiger partial charge in [-0.15, -0.1) is 0 Å². The maximum Gasteiger partial charge on any atom is 0.256 e. The SMILES string of the molecule is O=C(NC1CCCCC1)c1c[nH]c(=O)cc1O. The van der Waals surface area contributed by atoms with Crippen molar-refractivity contribution in [1.82, 2.24) is 10.3 Å². The molecule has 0 aromatic carbocycles. The number of carbonyl (C=O) groups excluding carboxylic acids is 1. The maximum atomic E-state index is 11.9. The fraction of sp³-hybridized carbons (Fsp3) is 0.500. The highest BCUT2D eigenvalue weighted by Gasteiger charge is 2.18. The number of H-pyrrole nitrogens is 1. The van der Waals surface area contributed by atoms with Gasteiger partial charge in [0.2, 0.25) is 0 Å². The molecule has 0 atom stereocenters. The Bertz CT molecular complexity index is 461. The summed E-state index contributed by atoms with van der Waals surface area (Å²) in [6, 6.07) is 1.19. The molecule has 0 radical (unpaired) electrons. The van der Waals surface area contributed by atoms with Gasteiger partial charge in [-0.1, -0.05) is 19.3 Å². The van der Waals surface area contributed by atoms with Crippen molar-refractivity contribution in [3.63, 3.8) is 0 Å². The van der Waals surface area contributed by atoms with Gasteiger partial charge in [-0.25, -0.2) is 0 Å². The molecular weight excluding hydrogens is 220 g/mol. The molecular formula is C12H16N2O3. The van der Waals surface area contributed by atoms with Crippen molar-refractivity contribution >= 4 is 5.91 Å². The van der Waals surface area contributed by atoms with Gasteiger partial charge in [0, 0.05) is 18.3 Å². The van der Waals surface area contributed by atoms with Crippen LogP contribution in [0, 0.1) is 0 Å². The highest BCUT2D eigenvalue weighted by molar-refractivity contribution is 5.96. The van der Waals surface area contributed by atoms with E-state index in [1.165, 1.54) is 12.6 Å². The lowest BCUT2D eigenvalue weighted by Gasteiger charge is -2.22. The molecule has 1 aromatic heterocycles. The largest absolute Gasteiger partial charge is 0.507 e. The first kappa shape index (κ1) is 11.7. The number of aromatic hydroxyl groups is 1. The fourth-order valence-corrected chi connectivity index (χ4v) is 2.15. The molecule has 1 aliphatic rings. The molecule has 17 heavy (non-hydrogen) atoms. The van der Waals surface area contributed by atoms with E-state index in [4.69, 9.17) is 0 Å². The van der Waals surface area contributed by atoms with E-state index in [0.29, 0.717) is 0 Å². The van der Waals surface area contributed by atoms with Gasteiger partial charge in [-0.3, -0.25) is 9.59 Å². The summed E-state index contributed by atoms with van der Waals surface area (Å²) in [5.74, 6) is -0.604. The summed E-state index contributed by atoms with van der Waals surface area (Å²) in [6.07, 6.45) is 6.68. The second kappa shape index (κ2) is 5.03. The average Bonchev–Trinajstić information content (AvgIpc) is 2.30. The lowest BCUT2D eigenvalue weighted by molar-refractivity contribution is 0.0924. The summed E-state index contributed by atoms with van der Waals surface area (Å²) in [5.41, 5.74) is -0.299. The lowest BCUT2D eigenvalue weighted by Crippen LogP contribution is -2.36. The highest BCUT2D eigenvalue weighted by atomic mass is 16.3. The Hall–Kier alpha value is -1.78. The van der Waals surface area contributed by atoms with Crippen molar-refractivity contribution in [3.05, 3.63) is 28.2 Å². The van der Waals surface area contributed by atoms with Crippen LogP contribution in [0.2, 0.25) is 0 Å². The number of rotatable bonds is 2. The first-order valence-electron chi connectivity index (χ1n) is 5.89. The van der Waals surface area contributed by atoms with E-state index in [1.54, 1.807) is 0 Å². The van der Waals surface area contributed by atoms with E-state index >= 15 is 0 Å². The lowest BCUT2D eigenvalue weighted by atomic mass is 9.95. The Labute approximate surface area is 98.9 Å². The number of hydrogen-bond acceptors (Lipinski definition) is 3. The van der Waals surface area contributed by atoms with E-state index in [9.17, 15) is 14.7 Å². The van der Waals surface area contributed by atoms with Crippen molar-refractivity contribution in [2.75, 3.05) is 0 Å². The van der Waals surface area contributed by atoms with E-state index < -0.39 is 5.56 Å². The Morgan fingerprint density at radius 1 is 1.35 bits per heavy atom. The van der Waals surface area contributed by atoms with Crippen LogP contribution in [0.1, 0.15) is 42.5 Å². The molecule has 3 N–H and O–H groups in total. The molecule has 1 aliphatic carbocycles. The second-order valence-corrected chi connectivity index (χ2v) is 4.40. The Morgan fingerprint density at radius 2 is 2.06 bits per heavy atom. The van der Waals surface area contributed by atoms with Gasteiger partial charge in [-0.2, -0.15) is 0 Å². The third-order valence-electron chi connectivity index (χ3n) is 3.09. The molecule has 1 fully saturated rings. The average molecular weight is 236 g/mol. The smallest absolute Gasteiger partial charge is 0.256 e. The number of aromatic amines is 1. The van der Waals surface area contributed by atoms with Gasteiger partial charge in [0.05, 0.1) is 5.56 Å². The van der Waals surface area contributed by atoms with E-state index in [1.807, 2.05) is 0 Å². The Morgan fingerprint density at radius 3 is 2.71 bits per heavy atom. The zero-order valence-electron chi connectivity index (χ0n) is 9.53. The van der Waals surface area contributed by atoms with Gasteiger partial charge in [0.1, 0.15) is 5.75 Å². The third-order valence-corrected chi connectivity index (χ3v) is 3.09. The zero-order valence-corrected chi connectivity index (χ0v) is 9.53. The molecule has 5 nitrogen and oxygen atoms in total. The summed E-state index contributed by atoms with van der Waals surface area (Å²) >= 11 is 0. The van der Waals surface area contributed by atoms with Crippen molar-refractivity contribution < 1.29 is 9.90 Å². The molecule has 1 heterocycles. The van der Waals surface area contributed by atoms with E-state index in [2.05, 4.69) is 10.3 Å². The standard InChI is InChI=1S/C12H16N2O3/c15-10-6-11(16)13-7-9(10)12(17)14-8-4-2-1-3-5-8/h6-8H,1-5H2,(H,14,17)(H2,13,15,16).